The number of nitrogens with zero attached hydrogens (tertiary/aromatic N) is 1. The second kappa shape index (κ2) is 11.8. The Morgan fingerprint density at radius 1 is 1.32 bits per heavy atom. The number of nitrogens with one attached hydrogen (secondary N) is 2. The van der Waals surface area contributed by atoms with E-state index in [0.29, 0.717) is 11.6 Å². The van der Waals surface area contributed by atoms with Gasteiger partial charge in [0.05, 0.1) is 17.7 Å². The van der Waals surface area contributed by atoms with Crippen molar-refractivity contribution < 1.29 is 36.7 Å². The van der Waals surface area contributed by atoms with E-state index in [2.05, 4.69) is 10.6 Å². The fourth-order valence-corrected chi connectivity index (χ4v) is 3.61. The highest BCUT2D eigenvalue weighted by atomic mass is 31.2. The lowest BCUT2D eigenvalue weighted by Gasteiger charge is -2.32. The molecule has 1 aromatic carbocycles. The molecule has 34 heavy (non-hydrogen) atoms. The SMILES string of the molecule is CNC(C)/C(C(N)=O)=C(/COP(O)O)NC1C=C(Cc2cc(F)cc(C(F)(F)F)c2)C=CN1C. The van der Waals surface area contributed by atoms with Gasteiger partial charge in [0.15, 0.2) is 0 Å². The molecule has 1 aromatic rings. The molecule has 0 spiro atoms. The topological polar surface area (TPSA) is 120 Å². The molecule has 1 aliphatic heterocycles. The molecule has 188 valence electrons. The van der Waals surface area contributed by atoms with E-state index in [-0.39, 0.29) is 29.9 Å². The Morgan fingerprint density at radius 3 is 2.56 bits per heavy atom. The van der Waals surface area contributed by atoms with E-state index in [9.17, 15) is 22.4 Å². The second-order valence-corrected chi connectivity index (χ2v) is 8.39. The van der Waals surface area contributed by atoms with Crippen LogP contribution in [0, 0.1) is 5.82 Å². The molecule has 0 radical (unpaired) electrons. The molecule has 13 heteroatoms. The first-order chi connectivity index (χ1) is 15.8. The lowest BCUT2D eigenvalue weighted by Crippen LogP contribution is -2.44. The first kappa shape index (κ1) is 27.7. The van der Waals surface area contributed by atoms with Crippen molar-refractivity contribution in [2.24, 2.45) is 5.73 Å². The molecule has 1 heterocycles. The van der Waals surface area contributed by atoms with Crippen molar-refractivity contribution in [1.29, 1.82) is 0 Å². The van der Waals surface area contributed by atoms with E-state index < -0.39 is 44.3 Å². The minimum Gasteiger partial charge on any atom is -0.366 e. The summed E-state index contributed by atoms with van der Waals surface area (Å²) in [6, 6.07) is 1.86. The molecule has 8 nitrogen and oxygen atoms in total. The Bertz CT molecular complexity index is 982. The molecule has 2 atom stereocenters. The number of alkyl halides is 3. The van der Waals surface area contributed by atoms with Crippen molar-refractivity contribution >= 4 is 14.5 Å². The molecule has 0 aromatic heterocycles. The number of amides is 1. The predicted octanol–water partition coefficient (Wildman–Crippen LogP) is 2.26. The number of hydrogen-bond donors (Lipinski definition) is 5. The Hall–Kier alpha value is -2.50. The van der Waals surface area contributed by atoms with Gasteiger partial charge in [-0.1, -0.05) is 0 Å². The minimum atomic E-state index is -4.67. The molecule has 1 aliphatic rings. The number of likely N-dealkylation sites (N-methyl/N-ethyl adjacent to an activating group) is 2. The van der Waals surface area contributed by atoms with Crippen LogP contribution in [0.3, 0.4) is 0 Å². The van der Waals surface area contributed by atoms with E-state index in [0.717, 1.165) is 12.1 Å². The predicted molar refractivity (Wildman–Crippen MR) is 119 cm³/mol. The van der Waals surface area contributed by atoms with Crippen LogP contribution in [0.2, 0.25) is 0 Å². The lowest BCUT2D eigenvalue weighted by atomic mass is 9.99. The van der Waals surface area contributed by atoms with Crippen LogP contribution in [-0.2, 0) is 21.9 Å². The maximum Gasteiger partial charge on any atom is 0.416 e. The zero-order valence-corrected chi connectivity index (χ0v) is 19.6. The summed E-state index contributed by atoms with van der Waals surface area (Å²) in [6.45, 7) is 1.31. The third-order valence-corrected chi connectivity index (χ3v) is 5.49. The summed E-state index contributed by atoms with van der Waals surface area (Å²) >= 11 is 0. The fraction of sp³-hybridized carbons (Fsp3) is 0.381. The van der Waals surface area contributed by atoms with Crippen LogP contribution < -0.4 is 16.4 Å². The zero-order chi connectivity index (χ0) is 25.6. The summed E-state index contributed by atoms with van der Waals surface area (Å²) in [5.74, 6) is -1.75. The van der Waals surface area contributed by atoms with Crippen LogP contribution >= 0.6 is 8.60 Å². The maximum atomic E-state index is 13.8. The van der Waals surface area contributed by atoms with Crippen molar-refractivity contribution in [3.63, 3.8) is 0 Å². The minimum absolute atomic E-state index is 0.0209. The summed E-state index contributed by atoms with van der Waals surface area (Å²) in [4.78, 5) is 32.1. The summed E-state index contributed by atoms with van der Waals surface area (Å²) in [5.41, 5.74) is 5.49. The van der Waals surface area contributed by atoms with Crippen molar-refractivity contribution in [2.75, 3.05) is 20.7 Å². The molecule has 2 rings (SSSR count). The van der Waals surface area contributed by atoms with Crippen LogP contribution in [0.5, 0.6) is 0 Å². The molecule has 0 saturated carbocycles. The monoisotopic (exact) mass is 506 g/mol. The normalized spacial score (nSPS) is 18.0. The zero-order valence-electron chi connectivity index (χ0n) is 18.7. The van der Waals surface area contributed by atoms with Gasteiger partial charge in [0, 0.05) is 25.0 Å². The van der Waals surface area contributed by atoms with Crippen LogP contribution in [0.25, 0.3) is 0 Å². The number of carbonyl (C=O) groups excluding carboxylic acids is 1. The van der Waals surface area contributed by atoms with Gasteiger partial charge in [0.25, 0.3) is 0 Å². The highest BCUT2D eigenvalue weighted by Crippen LogP contribution is 2.31. The molecule has 0 saturated heterocycles. The lowest BCUT2D eigenvalue weighted by molar-refractivity contribution is -0.137. The number of hydrogen-bond acceptors (Lipinski definition) is 7. The Labute approximate surface area is 195 Å². The third kappa shape index (κ3) is 7.78. The standard InChI is InChI=1S/C21H27F4N4O4P/c1-12(27-2)19(20(26)30)17(11-33-34(31)32)28-18-9-13(4-5-29(18)3)6-14-7-15(21(23,24)25)10-16(22)8-14/h4-5,7-10,12,18,27-28,31-32H,6,11H2,1-3H3,(H2,26,30)/b19-17+. The van der Waals surface area contributed by atoms with Gasteiger partial charge in [-0.15, -0.1) is 0 Å². The third-order valence-electron chi connectivity index (χ3n) is 5.13. The quantitative estimate of drug-likeness (QED) is 0.188. The molecule has 0 aliphatic carbocycles. The largest absolute Gasteiger partial charge is 0.416 e. The molecule has 6 N–H and O–H groups in total. The summed E-state index contributed by atoms with van der Waals surface area (Å²) in [6.07, 6.45) is -0.245. The van der Waals surface area contributed by atoms with Crippen LogP contribution in [0.15, 0.2) is 53.4 Å². The van der Waals surface area contributed by atoms with Gasteiger partial charge in [-0.05, 0) is 61.9 Å². The number of nitrogens with two attached hydrogens (primary N) is 1. The van der Waals surface area contributed by atoms with Gasteiger partial charge < -0.3 is 35.6 Å². The first-order valence-corrected chi connectivity index (χ1v) is 11.2. The Kier molecular flexibility index (Phi) is 9.60. The van der Waals surface area contributed by atoms with Gasteiger partial charge in [-0.2, -0.15) is 13.2 Å². The molecule has 0 fully saturated rings. The van der Waals surface area contributed by atoms with E-state index in [1.807, 2.05) is 0 Å². The average Bonchev–Trinajstić information content (AvgIpc) is 2.72. The maximum absolute atomic E-state index is 13.8. The highest BCUT2D eigenvalue weighted by Gasteiger charge is 2.31. The van der Waals surface area contributed by atoms with Gasteiger partial charge in [-0.25, -0.2) is 4.39 Å². The molecular weight excluding hydrogens is 479 g/mol. The van der Waals surface area contributed by atoms with Gasteiger partial charge >= 0.3 is 14.8 Å². The van der Waals surface area contributed by atoms with Crippen molar-refractivity contribution in [1.82, 2.24) is 15.5 Å². The summed E-state index contributed by atoms with van der Waals surface area (Å²) < 4.78 is 57.8. The van der Waals surface area contributed by atoms with E-state index >= 15 is 0 Å². The van der Waals surface area contributed by atoms with E-state index in [1.165, 1.54) is 0 Å². The molecule has 0 bridgehead atoms. The number of rotatable bonds is 10. The van der Waals surface area contributed by atoms with Crippen molar-refractivity contribution in [3.8, 4) is 0 Å². The van der Waals surface area contributed by atoms with Crippen molar-refractivity contribution in [2.45, 2.75) is 31.7 Å². The number of carbonyl (C=O) groups is 1. The number of allylic oxidation sites excluding steroid dienone is 2. The molecule has 2 unspecified atom stereocenters. The number of halogens is 4. The van der Waals surface area contributed by atoms with Crippen LogP contribution in [0.4, 0.5) is 17.6 Å². The van der Waals surface area contributed by atoms with E-state index in [4.69, 9.17) is 20.0 Å². The van der Waals surface area contributed by atoms with Crippen LogP contribution in [0.1, 0.15) is 18.1 Å². The molecular formula is C21H27F4N4O4P. The Morgan fingerprint density at radius 2 is 2.00 bits per heavy atom. The van der Waals surface area contributed by atoms with Gasteiger partial charge in [-0.3, -0.25) is 4.79 Å². The molecule has 1 amide bonds. The van der Waals surface area contributed by atoms with Gasteiger partial charge in [0.1, 0.15) is 12.0 Å². The first-order valence-electron chi connectivity index (χ1n) is 10.1. The van der Waals surface area contributed by atoms with E-state index in [1.54, 1.807) is 44.3 Å². The van der Waals surface area contributed by atoms with Gasteiger partial charge in [0.2, 0.25) is 5.91 Å². The Balaban J connectivity index is 2.36. The van der Waals surface area contributed by atoms with Crippen molar-refractivity contribution in [3.05, 3.63) is 70.3 Å². The average molecular weight is 506 g/mol. The highest BCUT2D eigenvalue weighted by molar-refractivity contribution is 7.39. The number of benzene rings is 1. The second-order valence-electron chi connectivity index (χ2n) is 7.63. The summed E-state index contributed by atoms with van der Waals surface area (Å²) in [7, 11) is 0.608. The summed E-state index contributed by atoms with van der Waals surface area (Å²) in [5, 5.41) is 5.95. The fourth-order valence-electron chi connectivity index (χ4n) is 3.36. The number of primary amides is 1. The van der Waals surface area contributed by atoms with Crippen LogP contribution in [-0.4, -0.2) is 53.5 Å². The smallest absolute Gasteiger partial charge is 0.366 e.